The van der Waals surface area contributed by atoms with Crippen LogP contribution in [0.1, 0.15) is 0 Å². The molecule has 2 aliphatic rings. The van der Waals surface area contributed by atoms with Crippen LogP contribution >= 0.6 is 37.0 Å². The molecule has 8 N–H and O–H groups in total. The summed E-state index contributed by atoms with van der Waals surface area (Å²) in [5.41, 5.74) is 23.8. The second-order valence-corrected chi connectivity index (χ2v) is 13.5. The standard InChI is InChI=1S/C6H15N6OP2S4/c7-14(8,16)11-1-4-18-6(5-11)12(15(9,10)17)2-3-13-19-12/h1,4-5H,2-3H2,(H4,7,8,16)(H4,9,10,17)/q+1. The third kappa shape index (κ3) is 3.28. The summed E-state index contributed by atoms with van der Waals surface area (Å²) in [6, 6.07) is 0. The van der Waals surface area contributed by atoms with E-state index in [0.29, 0.717) is 13.2 Å². The minimum absolute atomic E-state index is 0.184. The Kier molecular flexibility index (Phi) is 4.90. The van der Waals surface area contributed by atoms with Gasteiger partial charge in [-0.05, 0) is 29.0 Å². The van der Waals surface area contributed by atoms with E-state index < -0.39 is 13.0 Å². The molecule has 0 radical (unpaired) electrons. The molecular weight excluding hydrogens is 362 g/mol. The van der Waals surface area contributed by atoms with Crippen molar-refractivity contribution in [1.29, 1.82) is 0 Å². The second-order valence-electron chi connectivity index (χ2n) is 3.92. The molecule has 1 unspecified atom stereocenters. The Balaban J connectivity index is 2.42. The van der Waals surface area contributed by atoms with Gasteiger partial charge < -0.3 is 0 Å². The van der Waals surface area contributed by atoms with Crippen molar-refractivity contribution in [2.75, 3.05) is 13.2 Å². The molecule has 0 aromatic rings. The van der Waals surface area contributed by atoms with Crippen molar-refractivity contribution < 1.29 is 7.84 Å². The Labute approximate surface area is 131 Å². The van der Waals surface area contributed by atoms with E-state index in [9.17, 15) is 0 Å². The van der Waals surface area contributed by atoms with Crippen molar-refractivity contribution in [1.82, 2.24) is 4.67 Å². The Morgan fingerprint density at radius 2 is 2.00 bits per heavy atom. The largest absolute Gasteiger partial charge is 0.296 e. The fourth-order valence-corrected chi connectivity index (χ4v) is 6.93. The van der Waals surface area contributed by atoms with Gasteiger partial charge in [-0.3, -0.25) is 19.9 Å². The van der Waals surface area contributed by atoms with E-state index in [-0.39, 0.29) is 3.66 Å². The Morgan fingerprint density at radius 1 is 1.32 bits per heavy atom. The number of hydrogen-bond acceptors (Lipinski definition) is 5. The minimum atomic E-state index is -2.64. The third-order valence-corrected chi connectivity index (χ3v) is 9.69. The van der Waals surface area contributed by atoms with E-state index in [1.165, 1.54) is 24.0 Å². The lowest BCUT2D eigenvalue weighted by Gasteiger charge is -2.36. The zero-order chi connectivity index (χ0) is 14.3. The summed E-state index contributed by atoms with van der Waals surface area (Å²) in [4.78, 5) is 0. The van der Waals surface area contributed by atoms with Gasteiger partial charge >= 0.3 is 0 Å². The van der Waals surface area contributed by atoms with Gasteiger partial charge in [0.25, 0.3) is 18.7 Å². The van der Waals surface area contributed by atoms with Gasteiger partial charge in [0.05, 0.1) is 6.20 Å². The Hall–Kier alpha value is 1.04. The summed E-state index contributed by atoms with van der Waals surface area (Å²) in [6.45, 7) is -4.05. The van der Waals surface area contributed by atoms with Crippen LogP contribution in [0.2, 0.25) is 0 Å². The maximum Gasteiger partial charge on any atom is 0.267 e. The lowest BCUT2D eigenvalue weighted by Crippen LogP contribution is -2.41. The highest BCUT2D eigenvalue weighted by molar-refractivity contribution is 8.14. The Morgan fingerprint density at radius 3 is 2.47 bits per heavy atom. The molecule has 1 fully saturated rings. The average molecular weight is 377 g/mol. The molecule has 0 aromatic heterocycles. The number of nitrogens with zero attached hydrogens (tertiary/aromatic N) is 2. The van der Waals surface area contributed by atoms with Crippen molar-refractivity contribution in [3.63, 3.8) is 0 Å². The van der Waals surface area contributed by atoms with Gasteiger partial charge in [-0.1, -0.05) is 0 Å². The average Bonchev–Trinajstić information content (AvgIpc) is 2.77. The van der Waals surface area contributed by atoms with Crippen LogP contribution in [0.3, 0.4) is 0 Å². The molecule has 0 spiro atoms. The fraction of sp³-hybridized carbons (Fsp3) is 0.333. The summed E-state index contributed by atoms with van der Waals surface area (Å²) in [6.07, 6.45) is 3.54. The van der Waals surface area contributed by atoms with Crippen molar-refractivity contribution >= 4 is 60.6 Å². The molecule has 7 nitrogen and oxygen atoms in total. The lowest BCUT2D eigenvalue weighted by molar-refractivity contribution is -0.597. The predicted molar refractivity (Wildman–Crippen MR) is 90.6 cm³/mol. The van der Waals surface area contributed by atoms with Crippen LogP contribution in [0, 0.1) is 0 Å². The van der Waals surface area contributed by atoms with E-state index in [2.05, 4.69) is 0 Å². The summed E-state index contributed by atoms with van der Waals surface area (Å²) >= 11 is 13.1. The predicted octanol–water partition coefficient (Wildman–Crippen LogP) is 0.999. The van der Waals surface area contributed by atoms with Crippen LogP contribution in [0.15, 0.2) is 22.8 Å². The number of nitrogens with two attached hydrogens (primary N) is 4. The van der Waals surface area contributed by atoms with Gasteiger partial charge in [0.15, 0.2) is 6.49 Å². The fourth-order valence-electron chi connectivity index (χ4n) is 1.55. The first-order valence-corrected chi connectivity index (χ1v) is 12.4. The van der Waals surface area contributed by atoms with E-state index in [1.807, 2.05) is 5.41 Å². The quantitative estimate of drug-likeness (QED) is 0.322. The van der Waals surface area contributed by atoms with Crippen LogP contribution in [-0.2, 0) is 27.8 Å². The van der Waals surface area contributed by atoms with Gasteiger partial charge in [-0.2, -0.15) is 3.66 Å². The molecule has 2 aliphatic heterocycles. The van der Waals surface area contributed by atoms with Gasteiger partial charge in [-0.15, -0.1) is 0 Å². The zero-order valence-electron chi connectivity index (χ0n) is 9.79. The van der Waals surface area contributed by atoms with Gasteiger partial charge in [-0.25, -0.2) is 11.0 Å². The Bertz CT molecular complexity index is 520. The minimum Gasteiger partial charge on any atom is -0.296 e. The van der Waals surface area contributed by atoms with Gasteiger partial charge in [0, 0.05) is 18.0 Å². The molecule has 2 rings (SSSR count). The first kappa shape index (κ1) is 16.4. The maximum atomic E-state index is 6.06. The smallest absolute Gasteiger partial charge is 0.267 e. The number of hydrogen-bond donors (Lipinski definition) is 4. The molecule has 0 saturated carbocycles. The first-order valence-electron chi connectivity index (χ1n) is 5.05. The summed E-state index contributed by atoms with van der Waals surface area (Å²) in [5, 5.41) is 2.70. The lowest BCUT2D eigenvalue weighted by atomic mass is 10.7. The number of rotatable bonds is 3. The maximum absolute atomic E-state index is 6.06. The van der Waals surface area contributed by atoms with Crippen molar-refractivity contribution in [2.45, 2.75) is 0 Å². The summed E-state index contributed by atoms with van der Waals surface area (Å²) in [5.74, 6) is 0. The molecule has 108 valence electrons. The molecule has 0 aliphatic carbocycles. The molecule has 2 heterocycles. The molecule has 0 amide bonds. The highest BCUT2D eigenvalue weighted by Gasteiger charge is 2.50. The van der Waals surface area contributed by atoms with Crippen LogP contribution in [0.25, 0.3) is 0 Å². The van der Waals surface area contributed by atoms with E-state index in [4.69, 9.17) is 49.8 Å². The number of thioether (sulfide) groups is 1. The SMILES string of the molecule is NP(N)(=S)N1C=CSC([N+]2(P(N)(N)=S)CCOS2)=C1. The highest BCUT2D eigenvalue weighted by atomic mass is 32.5. The van der Waals surface area contributed by atoms with Gasteiger partial charge in [0.1, 0.15) is 13.2 Å². The van der Waals surface area contributed by atoms with Crippen LogP contribution in [-0.4, -0.2) is 21.5 Å². The first-order chi connectivity index (χ1) is 8.67. The molecule has 0 bridgehead atoms. The van der Waals surface area contributed by atoms with E-state index in [1.54, 1.807) is 17.1 Å². The second kappa shape index (κ2) is 5.68. The van der Waals surface area contributed by atoms with Crippen molar-refractivity contribution in [3.05, 3.63) is 22.8 Å². The molecular formula is C6H15N6OP2S4+. The van der Waals surface area contributed by atoms with E-state index >= 15 is 0 Å². The van der Waals surface area contributed by atoms with Gasteiger partial charge in [0.2, 0.25) is 5.03 Å². The van der Waals surface area contributed by atoms with Crippen molar-refractivity contribution in [3.8, 4) is 0 Å². The molecule has 13 heteroatoms. The summed E-state index contributed by atoms with van der Waals surface area (Å²) < 4.78 is 7.20. The normalized spacial score (nSPS) is 28.6. The molecule has 1 atom stereocenters. The number of quaternary nitrogens is 1. The van der Waals surface area contributed by atoms with Crippen LogP contribution in [0.4, 0.5) is 0 Å². The topological polar surface area (TPSA) is 117 Å². The van der Waals surface area contributed by atoms with Crippen molar-refractivity contribution in [2.24, 2.45) is 22.0 Å². The zero-order valence-corrected chi connectivity index (χ0v) is 14.8. The highest BCUT2D eigenvalue weighted by Crippen LogP contribution is 2.59. The molecule has 1 saturated heterocycles. The van der Waals surface area contributed by atoms with Crippen LogP contribution < -0.4 is 22.0 Å². The third-order valence-electron chi connectivity index (χ3n) is 2.51. The van der Waals surface area contributed by atoms with Crippen LogP contribution in [0.5, 0.6) is 0 Å². The van der Waals surface area contributed by atoms with E-state index in [0.717, 1.165) is 5.03 Å². The summed E-state index contributed by atoms with van der Waals surface area (Å²) in [7, 11) is 0. The molecule has 19 heavy (non-hydrogen) atoms. The molecule has 0 aromatic carbocycles. The monoisotopic (exact) mass is 377 g/mol.